The number of amides is 1. The van der Waals surface area contributed by atoms with E-state index in [4.69, 9.17) is 9.26 Å². The van der Waals surface area contributed by atoms with Gasteiger partial charge in [0.1, 0.15) is 11.4 Å². The molecule has 1 aliphatic rings. The Morgan fingerprint density at radius 2 is 2.00 bits per heavy atom. The maximum atomic E-state index is 12.0. The second-order valence-corrected chi connectivity index (χ2v) is 4.42. The maximum absolute atomic E-state index is 12.0. The number of nitrogens with zero attached hydrogens (tertiary/aromatic N) is 3. The average molecular weight is 271 g/mol. The zero-order valence-electron chi connectivity index (χ0n) is 11.2. The summed E-state index contributed by atoms with van der Waals surface area (Å²) in [6, 6.07) is 9.56. The molecule has 0 unspecified atom stereocenters. The molecular formula is C14H13N3O3. The average Bonchev–Trinajstić information content (AvgIpc) is 2.95. The SMILES string of the molecule is Cc1noc(C)c1N1C(=O)COC1=Nc1ccccc1. The molecule has 3 rings (SSSR count). The van der Waals surface area contributed by atoms with E-state index in [1.807, 2.05) is 30.3 Å². The summed E-state index contributed by atoms with van der Waals surface area (Å²) in [5.41, 5.74) is 1.94. The number of benzene rings is 1. The van der Waals surface area contributed by atoms with E-state index in [-0.39, 0.29) is 18.5 Å². The van der Waals surface area contributed by atoms with Gasteiger partial charge in [-0.15, -0.1) is 0 Å². The van der Waals surface area contributed by atoms with Crippen molar-refractivity contribution in [2.45, 2.75) is 13.8 Å². The summed E-state index contributed by atoms with van der Waals surface area (Å²) in [6.45, 7) is 3.49. The third-order valence-electron chi connectivity index (χ3n) is 2.97. The molecule has 0 bridgehead atoms. The van der Waals surface area contributed by atoms with Crippen LogP contribution in [0.2, 0.25) is 0 Å². The highest BCUT2D eigenvalue weighted by molar-refractivity contribution is 6.19. The largest absolute Gasteiger partial charge is 0.454 e. The number of aryl methyl sites for hydroxylation is 2. The van der Waals surface area contributed by atoms with Crippen LogP contribution in [0.25, 0.3) is 0 Å². The van der Waals surface area contributed by atoms with Crippen molar-refractivity contribution >= 4 is 23.3 Å². The summed E-state index contributed by atoms with van der Waals surface area (Å²) < 4.78 is 10.5. The van der Waals surface area contributed by atoms with E-state index in [1.165, 1.54) is 4.90 Å². The summed E-state index contributed by atoms with van der Waals surface area (Å²) in [5.74, 6) is 0.371. The molecule has 0 spiro atoms. The molecule has 1 fully saturated rings. The fourth-order valence-corrected chi connectivity index (χ4v) is 2.08. The van der Waals surface area contributed by atoms with Crippen LogP contribution in [0.3, 0.4) is 0 Å². The van der Waals surface area contributed by atoms with Gasteiger partial charge in [0.05, 0.1) is 5.69 Å². The van der Waals surface area contributed by atoms with Gasteiger partial charge in [0.2, 0.25) is 0 Å². The fraction of sp³-hybridized carbons (Fsp3) is 0.214. The Balaban J connectivity index is 2.04. The van der Waals surface area contributed by atoms with Gasteiger partial charge in [-0.2, -0.15) is 4.99 Å². The second-order valence-electron chi connectivity index (χ2n) is 4.42. The molecule has 0 saturated carbocycles. The van der Waals surface area contributed by atoms with E-state index < -0.39 is 0 Å². The van der Waals surface area contributed by atoms with Crippen LogP contribution in [-0.2, 0) is 9.53 Å². The summed E-state index contributed by atoms with van der Waals surface area (Å²) in [5, 5.41) is 3.86. The molecule has 1 aromatic carbocycles. The molecule has 20 heavy (non-hydrogen) atoms. The van der Waals surface area contributed by atoms with Crippen LogP contribution in [0.5, 0.6) is 0 Å². The number of ether oxygens (including phenoxy) is 1. The highest BCUT2D eigenvalue weighted by atomic mass is 16.5. The number of para-hydroxylation sites is 1. The number of carbonyl (C=O) groups is 1. The molecule has 102 valence electrons. The zero-order chi connectivity index (χ0) is 14.1. The quantitative estimate of drug-likeness (QED) is 0.840. The lowest BCUT2D eigenvalue weighted by Gasteiger charge is -2.13. The van der Waals surface area contributed by atoms with Gasteiger partial charge >= 0.3 is 6.02 Å². The van der Waals surface area contributed by atoms with Crippen molar-refractivity contribution in [1.29, 1.82) is 0 Å². The predicted octanol–water partition coefficient (Wildman–Crippen LogP) is 2.34. The Bertz CT molecular complexity index is 657. The molecule has 6 nitrogen and oxygen atoms in total. The highest BCUT2D eigenvalue weighted by Crippen LogP contribution is 2.28. The van der Waals surface area contributed by atoms with E-state index in [0.717, 1.165) is 0 Å². The fourth-order valence-electron chi connectivity index (χ4n) is 2.08. The minimum absolute atomic E-state index is 0.0320. The van der Waals surface area contributed by atoms with Gasteiger partial charge in [-0.1, -0.05) is 23.4 Å². The van der Waals surface area contributed by atoms with Crippen molar-refractivity contribution < 1.29 is 14.1 Å². The lowest BCUT2D eigenvalue weighted by molar-refractivity contribution is -0.117. The molecule has 1 amide bonds. The predicted molar refractivity (Wildman–Crippen MR) is 73.0 cm³/mol. The number of rotatable bonds is 2. The van der Waals surface area contributed by atoms with Crippen molar-refractivity contribution in [3.8, 4) is 0 Å². The Labute approximate surface area is 115 Å². The van der Waals surface area contributed by atoms with E-state index in [9.17, 15) is 4.79 Å². The molecule has 2 heterocycles. The number of anilines is 1. The van der Waals surface area contributed by atoms with Gasteiger partial charge in [-0.05, 0) is 26.0 Å². The number of carbonyl (C=O) groups excluding carboxylic acids is 1. The Hall–Kier alpha value is -2.63. The van der Waals surface area contributed by atoms with Crippen molar-refractivity contribution in [2.75, 3.05) is 11.5 Å². The number of aromatic nitrogens is 1. The van der Waals surface area contributed by atoms with Gasteiger partial charge < -0.3 is 9.26 Å². The van der Waals surface area contributed by atoms with Gasteiger partial charge in [0, 0.05) is 0 Å². The number of amidine groups is 1. The van der Waals surface area contributed by atoms with Crippen molar-refractivity contribution in [3.05, 3.63) is 41.8 Å². The zero-order valence-corrected chi connectivity index (χ0v) is 11.2. The Kier molecular flexibility index (Phi) is 2.98. The monoisotopic (exact) mass is 271 g/mol. The van der Waals surface area contributed by atoms with Crippen molar-refractivity contribution in [3.63, 3.8) is 0 Å². The second kappa shape index (κ2) is 4.80. The molecule has 0 aliphatic carbocycles. The maximum Gasteiger partial charge on any atom is 0.305 e. The Morgan fingerprint density at radius 1 is 1.25 bits per heavy atom. The molecule has 1 aliphatic heterocycles. The molecule has 2 aromatic rings. The third kappa shape index (κ3) is 2.05. The summed E-state index contributed by atoms with van der Waals surface area (Å²) in [6.07, 6.45) is 0. The normalized spacial score (nSPS) is 16.8. The molecule has 1 saturated heterocycles. The van der Waals surface area contributed by atoms with Gasteiger partial charge in [-0.3, -0.25) is 4.79 Å². The number of hydrogen-bond donors (Lipinski definition) is 0. The third-order valence-corrected chi connectivity index (χ3v) is 2.97. The van der Waals surface area contributed by atoms with Crippen LogP contribution in [0, 0.1) is 13.8 Å². The van der Waals surface area contributed by atoms with Gasteiger partial charge in [0.25, 0.3) is 5.91 Å². The topological polar surface area (TPSA) is 67.9 Å². The minimum atomic E-state index is -0.186. The molecule has 0 N–H and O–H groups in total. The van der Waals surface area contributed by atoms with E-state index in [0.29, 0.717) is 22.8 Å². The number of hydrogen-bond acceptors (Lipinski definition) is 5. The van der Waals surface area contributed by atoms with Gasteiger partial charge in [-0.25, -0.2) is 4.90 Å². The summed E-state index contributed by atoms with van der Waals surface area (Å²) in [4.78, 5) is 17.8. The van der Waals surface area contributed by atoms with Crippen LogP contribution in [0.15, 0.2) is 39.8 Å². The summed E-state index contributed by atoms with van der Waals surface area (Å²) >= 11 is 0. The summed E-state index contributed by atoms with van der Waals surface area (Å²) in [7, 11) is 0. The van der Waals surface area contributed by atoms with Crippen LogP contribution >= 0.6 is 0 Å². The first-order valence-electron chi connectivity index (χ1n) is 6.19. The molecule has 1 aromatic heterocycles. The van der Waals surface area contributed by atoms with Crippen LogP contribution in [-0.4, -0.2) is 23.7 Å². The van der Waals surface area contributed by atoms with E-state index >= 15 is 0 Å². The first-order chi connectivity index (χ1) is 9.66. The van der Waals surface area contributed by atoms with Crippen LogP contribution in [0.4, 0.5) is 11.4 Å². The first-order valence-corrected chi connectivity index (χ1v) is 6.19. The lowest BCUT2D eigenvalue weighted by atomic mass is 10.3. The standard InChI is InChI=1S/C14H13N3O3/c1-9-13(10(2)20-16-9)17-12(18)8-19-14(17)15-11-6-4-3-5-7-11/h3-7H,8H2,1-2H3. The lowest BCUT2D eigenvalue weighted by Crippen LogP contribution is -2.30. The smallest absolute Gasteiger partial charge is 0.305 e. The van der Waals surface area contributed by atoms with E-state index in [1.54, 1.807) is 13.8 Å². The minimum Gasteiger partial charge on any atom is -0.454 e. The van der Waals surface area contributed by atoms with Crippen LogP contribution < -0.4 is 4.90 Å². The van der Waals surface area contributed by atoms with Crippen molar-refractivity contribution in [1.82, 2.24) is 5.16 Å². The Morgan fingerprint density at radius 3 is 2.65 bits per heavy atom. The molecule has 0 radical (unpaired) electrons. The highest BCUT2D eigenvalue weighted by Gasteiger charge is 2.34. The molecule has 6 heteroatoms. The van der Waals surface area contributed by atoms with Crippen LogP contribution in [0.1, 0.15) is 11.5 Å². The van der Waals surface area contributed by atoms with Crippen molar-refractivity contribution in [2.24, 2.45) is 4.99 Å². The molecular weight excluding hydrogens is 258 g/mol. The van der Waals surface area contributed by atoms with Gasteiger partial charge in [0.15, 0.2) is 12.4 Å². The van der Waals surface area contributed by atoms with E-state index in [2.05, 4.69) is 10.1 Å². The number of aliphatic imine (C=N–C) groups is 1. The molecule has 0 atom stereocenters. The first kappa shape index (κ1) is 12.4.